The summed E-state index contributed by atoms with van der Waals surface area (Å²) >= 11 is 0. The van der Waals surface area contributed by atoms with Crippen molar-refractivity contribution in [3.63, 3.8) is 0 Å². The van der Waals surface area contributed by atoms with Crippen molar-refractivity contribution in [3.05, 3.63) is 46.0 Å². The number of rotatable bonds is 4. The topological polar surface area (TPSA) is 77.1 Å². The van der Waals surface area contributed by atoms with E-state index in [1.807, 2.05) is 25.9 Å². The molecule has 0 aliphatic carbocycles. The summed E-state index contributed by atoms with van der Waals surface area (Å²) in [6.45, 7) is 2.45. The number of benzene rings is 1. The van der Waals surface area contributed by atoms with Crippen LogP contribution in [-0.4, -0.2) is 26.7 Å². The van der Waals surface area contributed by atoms with Crippen molar-refractivity contribution in [2.45, 2.75) is 13.5 Å². The minimum atomic E-state index is -0.389. The fraction of sp³-hybridized carbons (Fsp3) is 0.333. The van der Waals surface area contributed by atoms with E-state index in [1.165, 1.54) is 12.4 Å². The SMILES string of the molecule is Cc1cc([N+](=O)[O-])ccc1N(C)Cc1ncnn1C. The van der Waals surface area contributed by atoms with Crippen molar-refractivity contribution >= 4 is 11.4 Å². The molecular formula is C12H15N5O2. The molecule has 0 N–H and O–H groups in total. The molecule has 0 saturated heterocycles. The lowest BCUT2D eigenvalue weighted by Gasteiger charge is -2.20. The van der Waals surface area contributed by atoms with Gasteiger partial charge in [-0.3, -0.25) is 14.8 Å². The van der Waals surface area contributed by atoms with Gasteiger partial charge in [0.2, 0.25) is 0 Å². The molecule has 0 unspecified atom stereocenters. The minimum absolute atomic E-state index is 0.105. The fourth-order valence-corrected chi connectivity index (χ4v) is 1.94. The number of nitro groups is 1. The number of aryl methyl sites for hydroxylation is 2. The monoisotopic (exact) mass is 261 g/mol. The Morgan fingerprint density at radius 2 is 2.21 bits per heavy atom. The molecule has 100 valence electrons. The van der Waals surface area contributed by atoms with Crippen molar-refractivity contribution in [1.29, 1.82) is 0 Å². The van der Waals surface area contributed by atoms with Crippen LogP contribution in [0.3, 0.4) is 0 Å². The maximum atomic E-state index is 10.7. The molecule has 0 spiro atoms. The molecule has 0 aliphatic rings. The van der Waals surface area contributed by atoms with Gasteiger partial charge >= 0.3 is 0 Å². The highest BCUT2D eigenvalue weighted by Crippen LogP contribution is 2.24. The molecular weight excluding hydrogens is 246 g/mol. The Labute approximate surface area is 110 Å². The number of non-ortho nitro benzene ring substituents is 1. The second kappa shape index (κ2) is 5.05. The van der Waals surface area contributed by atoms with E-state index in [1.54, 1.807) is 16.8 Å². The number of nitrogens with zero attached hydrogens (tertiary/aromatic N) is 5. The highest BCUT2D eigenvalue weighted by molar-refractivity contribution is 5.56. The summed E-state index contributed by atoms with van der Waals surface area (Å²) in [7, 11) is 3.75. The molecule has 1 heterocycles. The number of hydrogen-bond acceptors (Lipinski definition) is 5. The average Bonchev–Trinajstić information content (AvgIpc) is 2.74. The van der Waals surface area contributed by atoms with Gasteiger partial charge in [0, 0.05) is 31.9 Å². The number of nitro benzene ring substituents is 1. The molecule has 7 heteroatoms. The lowest BCUT2D eigenvalue weighted by molar-refractivity contribution is -0.384. The van der Waals surface area contributed by atoms with E-state index in [2.05, 4.69) is 10.1 Å². The second-order valence-electron chi connectivity index (χ2n) is 4.38. The first-order chi connectivity index (χ1) is 8.99. The maximum Gasteiger partial charge on any atom is 0.269 e. The molecule has 0 radical (unpaired) electrons. The fourth-order valence-electron chi connectivity index (χ4n) is 1.94. The third-order valence-corrected chi connectivity index (χ3v) is 2.99. The second-order valence-corrected chi connectivity index (χ2v) is 4.38. The van der Waals surface area contributed by atoms with Crippen LogP contribution in [0, 0.1) is 17.0 Å². The van der Waals surface area contributed by atoms with Gasteiger partial charge in [-0.15, -0.1) is 0 Å². The summed E-state index contributed by atoms with van der Waals surface area (Å²) in [4.78, 5) is 16.5. The molecule has 1 aromatic heterocycles. The molecule has 7 nitrogen and oxygen atoms in total. The van der Waals surface area contributed by atoms with E-state index < -0.39 is 0 Å². The van der Waals surface area contributed by atoms with Gasteiger partial charge in [-0.05, 0) is 18.6 Å². The Morgan fingerprint density at radius 1 is 1.47 bits per heavy atom. The Hall–Kier alpha value is -2.44. The molecule has 0 atom stereocenters. The summed E-state index contributed by atoms with van der Waals surface area (Å²) < 4.78 is 1.71. The van der Waals surface area contributed by atoms with Crippen LogP contribution in [-0.2, 0) is 13.6 Å². The third-order valence-electron chi connectivity index (χ3n) is 2.99. The number of anilines is 1. The van der Waals surface area contributed by atoms with Gasteiger partial charge in [-0.25, -0.2) is 4.98 Å². The van der Waals surface area contributed by atoms with Crippen LogP contribution in [0.1, 0.15) is 11.4 Å². The molecule has 1 aromatic carbocycles. The zero-order chi connectivity index (χ0) is 14.0. The third kappa shape index (κ3) is 2.70. The van der Waals surface area contributed by atoms with Gasteiger partial charge in [-0.2, -0.15) is 5.10 Å². The van der Waals surface area contributed by atoms with E-state index in [4.69, 9.17) is 0 Å². The number of aromatic nitrogens is 3. The van der Waals surface area contributed by atoms with Crippen LogP contribution in [0.4, 0.5) is 11.4 Å². The highest BCUT2D eigenvalue weighted by atomic mass is 16.6. The molecule has 0 bridgehead atoms. The molecule has 0 amide bonds. The standard InChI is InChI=1S/C12H15N5O2/c1-9-6-10(17(18)19)4-5-11(9)15(2)7-12-13-8-14-16(12)3/h4-6,8H,7H2,1-3H3. The quantitative estimate of drug-likeness (QED) is 0.618. The number of hydrogen-bond donors (Lipinski definition) is 0. The average molecular weight is 261 g/mol. The zero-order valence-electron chi connectivity index (χ0n) is 11.1. The maximum absolute atomic E-state index is 10.7. The molecule has 0 saturated carbocycles. The first kappa shape index (κ1) is 13.0. The van der Waals surface area contributed by atoms with Crippen molar-refractivity contribution in [2.24, 2.45) is 7.05 Å². The molecule has 2 aromatic rings. The van der Waals surface area contributed by atoms with Crippen molar-refractivity contribution in [1.82, 2.24) is 14.8 Å². The predicted octanol–water partition coefficient (Wildman–Crippen LogP) is 1.67. The van der Waals surface area contributed by atoms with Crippen molar-refractivity contribution in [3.8, 4) is 0 Å². The molecule has 0 aliphatic heterocycles. The summed E-state index contributed by atoms with van der Waals surface area (Å²) in [6.07, 6.45) is 1.51. The molecule has 2 rings (SSSR count). The van der Waals surface area contributed by atoms with E-state index in [0.29, 0.717) is 6.54 Å². The largest absolute Gasteiger partial charge is 0.367 e. The predicted molar refractivity (Wildman–Crippen MR) is 70.9 cm³/mol. The van der Waals surface area contributed by atoms with E-state index >= 15 is 0 Å². The van der Waals surface area contributed by atoms with Gasteiger partial charge in [-0.1, -0.05) is 0 Å². The first-order valence-corrected chi connectivity index (χ1v) is 5.78. The van der Waals surface area contributed by atoms with E-state index in [-0.39, 0.29) is 10.6 Å². The van der Waals surface area contributed by atoms with Crippen LogP contribution < -0.4 is 4.90 Å². The van der Waals surface area contributed by atoms with Gasteiger partial charge < -0.3 is 4.90 Å². The lowest BCUT2D eigenvalue weighted by atomic mass is 10.1. The first-order valence-electron chi connectivity index (χ1n) is 5.78. The molecule has 19 heavy (non-hydrogen) atoms. The molecule has 0 fully saturated rings. The van der Waals surface area contributed by atoms with Gasteiger partial charge in [0.1, 0.15) is 12.2 Å². The normalized spacial score (nSPS) is 10.5. The van der Waals surface area contributed by atoms with Gasteiger partial charge in [0.25, 0.3) is 5.69 Å². The van der Waals surface area contributed by atoms with E-state index in [9.17, 15) is 10.1 Å². The Bertz CT molecular complexity index is 608. The zero-order valence-corrected chi connectivity index (χ0v) is 11.1. The van der Waals surface area contributed by atoms with Crippen LogP contribution in [0.15, 0.2) is 24.5 Å². The smallest absolute Gasteiger partial charge is 0.269 e. The summed E-state index contributed by atoms with van der Waals surface area (Å²) in [5, 5.41) is 14.7. The van der Waals surface area contributed by atoms with Crippen LogP contribution in [0.2, 0.25) is 0 Å². The van der Waals surface area contributed by atoms with Crippen LogP contribution >= 0.6 is 0 Å². The van der Waals surface area contributed by atoms with Crippen molar-refractivity contribution < 1.29 is 4.92 Å². The van der Waals surface area contributed by atoms with Crippen LogP contribution in [0.25, 0.3) is 0 Å². The Morgan fingerprint density at radius 3 is 2.74 bits per heavy atom. The lowest BCUT2D eigenvalue weighted by Crippen LogP contribution is -2.20. The Kier molecular flexibility index (Phi) is 3.46. The summed E-state index contributed by atoms with van der Waals surface area (Å²) in [5.74, 6) is 0.834. The highest BCUT2D eigenvalue weighted by Gasteiger charge is 2.12. The summed E-state index contributed by atoms with van der Waals surface area (Å²) in [6, 6.07) is 4.84. The minimum Gasteiger partial charge on any atom is -0.367 e. The van der Waals surface area contributed by atoms with Gasteiger partial charge in [0.15, 0.2) is 0 Å². The van der Waals surface area contributed by atoms with Crippen LogP contribution in [0.5, 0.6) is 0 Å². The van der Waals surface area contributed by atoms with Crippen molar-refractivity contribution in [2.75, 3.05) is 11.9 Å². The van der Waals surface area contributed by atoms with E-state index in [0.717, 1.165) is 17.1 Å². The van der Waals surface area contributed by atoms with Gasteiger partial charge in [0.05, 0.1) is 11.5 Å². The summed E-state index contributed by atoms with van der Waals surface area (Å²) in [5.41, 5.74) is 1.90. The Balaban J connectivity index is 2.22.